The van der Waals surface area contributed by atoms with Gasteiger partial charge in [-0.2, -0.15) is 0 Å². The molecule has 0 aliphatic rings. The standard InChI is InChI=1S/C13H9NO3.C2H3IO/c15-13(10-4-2-1-3-5-10)11-6-8-12(9-7-11)14(16)17;1-2(3)4/h1-9H;1H3. The molecule has 0 aromatic heterocycles. The molecular formula is C15H12INO4. The number of hydrogen-bond donors (Lipinski definition) is 0. The van der Waals surface area contributed by atoms with Crippen molar-refractivity contribution < 1.29 is 14.5 Å². The zero-order valence-corrected chi connectivity index (χ0v) is 13.3. The molecule has 0 heterocycles. The Morgan fingerprint density at radius 2 is 1.38 bits per heavy atom. The lowest BCUT2D eigenvalue weighted by atomic mass is 10.0. The largest absolute Gasteiger partial charge is 0.289 e. The molecule has 0 bridgehead atoms. The maximum Gasteiger partial charge on any atom is 0.269 e. The van der Waals surface area contributed by atoms with Gasteiger partial charge in [0.05, 0.1) is 4.92 Å². The quantitative estimate of drug-likeness (QED) is 0.260. The van der Waals surface area contributed by atoms with Crippen LogP contribution >= 0.6 is 22.6 Å². The zero-order chi connectivity index (χ0) is 15.8. The van der Waals surface area contributed by atoms with Gasteiger partial charge >= 0.3 is 0 Å². The molecule has 0 spiro atoms. The Bertz CT molecular complexity index is 634. The molecule has 5 nitrogen and oxygen atoms in total. The third-order valence-corrected chi connectivity index (χ3v) is 2.38. The van der Waals surface area contributed by atoms with Gasteiger partial charge in [-0.15, -0.1) is 0 Å². The smallest absolute Gasteiger partial charge is 0.269 e. The number of hydrogen-bond acceptors (Lipinski definition) is 4. The van der Waals surface area contributed by atoms with Crippen LogP contribution < -0.4 is 0 Å². The number of carbonyl (C=O) groups excluding carboxylic acids is 2. The van der Waals surface area contributed by atoms with Gasteiger partial charge in [-0.3, -0.25) is 19.7 Å². The summed E-state index contributed by atoms with van der Waals surface area (Å²) in [5.74, 6) is -0.138. The van der Waals surface area contributed by atoms with Crippen molar-refractivity contribution in [1.82, 2.24) is 0 Å². The monoisotopic (exact) mass is 397 g/mol. The van der Waals surface area contributed by atoms with Crippen molar-refractivity contribution in [2.75, 3.05) is 0 Å². The Morgan fingerprint density at radius 1 is 0.952 bits per heavy atom. The van der Waals surface area contributed by atoms with E-state index in [0.717, 1.165) is 0 Å². The molecule has 0 saturated carbocycles. The van der Waals surface area contributed by atoms with Crippen LogP contribution in [0.4, 0.5) is 5.69 Å². The van der Waals surface area contributed by atoms with Crippen LogP contribution in [0.15, 0.2) is 54.6 Å². The second-order valence-corrected chi connectivity index (χ2v) is 5.49. The fourth-order valence-corrected chi connectivity index (χ4v) is 1.49. The maximum atomic E-state index is 12.0. The molecule has 0 radical (unpaired) electrons. The molecule has 2 rings (SSSR count). The summed E-state index contributed by atoms with van der Waals surface area (Å²) >= 11 is 1.70. The SMILES string of the molecule is CC(=O)I.O=C(c1ccccc1)c1ccc([N+](=O)[O-])cc1. The summed E-state index contributed by atoms with van der Waals surface area (Å²) in [6.45, 7) is 1.51. The number of nitro benzene ring substituents is 1. The van der Waals surface area contributed by atoms with Gasteiger partial charge in [0.15, 0.2) is 9.57 Å². The van der Waals surface area contributed by atoms with E-state index in [9.17, 15) is 19.7 Å². The first-order chi connectivity index (χ1) is 9.91. The minimum absolute atomic E-state index is 0.0189. The fourth-order valence-electron chi connectivity index (χ4n) is 1.49. The number of nitro groups is 1. The molecule has 0 N–H and O–H groups in total. The summed E-state index contributed by atoms with van der Waals surface area (Å²) in [6.07, 6.45) is 0. The van der Waals surface area contributed by atoms with E-state index in [0.29, 0.717) is 11.1 Å². The molecule has 6 heteroatoms. The first kappa shape index (κ1) is 17.0. The summed E-state index contributed by atoms with van der Waals surface area (Å²) in [5, 5.41) is 10.5. The Balaban J connectivity index is 0.000000491. The number of non-ortho nitro benzene ring substituents is 1. The van der Waals surface area contributed by atoms with Gasteiger partial charge in [-0.05, 0) is 34.7 Å². The molecule has 0 aliphatic heterocycles. The second kappa shape index (κ2) is 8.25. The molecule has 0 atom stereocenters. The Labute approximate surface area is 135 Å². The van der Waals surface area contributed by atoms with Crippen molar-refractivity contribution in [3.63, 3.8) is 0 Å². The summed E-state index contributed by atoms with van der Waals surface area (Å²) in [7, 11) is 0. The number of ketones is 1. The molecular weight excluding hydrogens is 385 g/mol. The molecule has 21 heavy (non-hydrogen) atoms. The van der Waals surface area contributed by atoms with Crippen molar-refractivity contribution in [2.45, 2.75) is 6.92 Å². The Kier molecular flexibility index (Phi) is 6.67. The van der Waals surface area contributed by atoms with E-state index in [1.807, 2.05) is 6.07 Å². The number of rotatable bonds is 3. The average molecular weight is 397 g/mol. The number of nitrogens with zero attached hydrogens (tertiary/aromatic N) is 1. The predicted octanol–water partition coefficient (Wildman–Crippen LogP) is 3.79. The molecule has 2 aromatic carbocycles. The van der Waals surface area contributed by atoms with Gasteiger partial charge in [0.25, 0.3) is 5.69 Å². The fraction of sp³-hybridized carbons (Fsp3) is 0.0667. The van der Waals surface area contributed by atoms with E-state index in [-0.39, 0.29) is 15.3 Å². The number of carbonyl (C=O) groups is 2. The molecule has 108 valence electrons. The Hall–Kier alpha value is -2.09. The van der Waals surface area contributed by atoms with E-state index in [1.54, 1.807) is 46.9 Å². The van der Waals surface area contributed by atoms with Crippen molar-refractivity contribution in [3.05, 3.63) is 75.8 Å². The molecule has 0 amide bonds. The topological polar surface area (TPSA) is 77.3 Å². The molecule has 0 unspecified atom stereocenters. The van der Waals surface area contributed by atoms with E-state index < -0.39 is 4.92 Å². The first-order valence-electron chi connectivity index (χ1n) is 5.92. The van der Waals surface area contributed by atoms with Crippen LogP contribution in [0.3, 0.4) is 0 Å². The van der Waals surface area contributed by atoms with Gasteiger partial charge < -0.3 is 0 Å². The van der Waals surface area contributed by atoms with Crippen molar-refractivity contribution in [3.8, 4) is 0 Å². The highest BCUT2D eigenvalue weighted by atomic mass is 127. The molecule has 0 aliphatic carbocycles. The van der Waals surface area contributed by atoms with Crippen LogP contribution in [-0.4, -0.2) is 14.5 Å². The van der Waals surface area contributed by atoms with Gasteiger partial charge in [0.1, 0.15) is 0 Å². The highest BCUT2D eigenvalue weighted by molar-refractivity contribution is 14.1. The van der Waals surface area contributed by atoms with Crippen LogP contribution in [0.2, 0.25) is 0 Å². The highest BCUT2D eigenvalue weighted by Gasteiger charge is 2.10. The third kappa shape index (κ3) is 5.82. The minimum Gasteiger partial charge on any atom is -0.289 e. The number of benzene rings is 2. The van der Waals surface area contributed by atoms with E-state index >= 15 is 0 Å². The van der Waals surface area contributed by atoms with E-state index in [4.69, 9.17) is 0 Å². The lowest BCUT2D eigenvalue weighted by Crippen LogP contribution is -2.00. The average Bonchev–Trinajstić information content (AvgIpc) is 2.47. The third-order valence-electron chi connectivity index (χ3n) is 2.38. The van der Waals surface area contributed by atoms with Gasteiger partial charge in [0.2, 0.25) is 0 Å². The Morgan fingerprint density at radius 3 is 1.81 bits per heavy atom. The summed E-state index contributed by atoms with van der Waals surface area (Å²) in [6, 6.07) is 14.4. The summed E-state index contributed by atoms with van der Waals surface area (Å²) in [5.41, 5.74) is 0.998. The van der Waals surface area contributed by atoms with Crippen molar-refractivity contribution >= 4 is 37.9 Å². The molecule has 2 aromatic rings. The van der Waals surface area contributed by atoms with Crippen molar-refractivity contribution in [1.29, 1.82) is 0 Å². The van der Waals surface area contributed by atoms with E-state index in [1.165, 1.54) is 31.2 Å². The van der Waals surface area contributed by atoms with Crippen molar-refractivity contribution in [2.24, 2.45) is 0 Å². The zero-order valence-electron chi connectivity index (χ0n) is 11.2. The lowest BCUT2D eigenvalue weighted by Gasteiger charge is -2.00. The molecule has 0 fully saturated rings. The lowest BCUT2D eigenvalue weighted by molar-refractivity contribution is -0.384. The highest BCUT2D eigenvalue weighted by Crippen LogP contribution is 2.15. The van der Waals surface area contributed by atoms with Crippen LogP contribution in [0, 0.1) is 10.1 Å². The second-order valence-electron chi connectivity index (χ2n) is 3.97. The van der Waals surface area contributed by atoms with Crippen LogP contribution in [0.1, 0.15) is 22.8 Å². The number of halogens is 1. The summed E-state index contributed by atoms with van der Waals surface area (Å²) < 4.78 is 0.137. The predicted molar refractivity (Wildman–Crippen MR) is 87.7 cm³/mol. The van der Waals surface area contributed by atoms with Gasteiger partial charge in [0, 0.05) is 30.2 Å². The van der Waals surface area contributed by atoms with E-state index in [2.05, 4.69) is 0 Å². The van der Waals surface area contributed by atoms with Crippen LogP contribution in [0.25, 0.3) is 0 Å². The maximum absolute atomic E-state index is 12.0. The van der Waals surface area contributed by atoms with Gasteiger partial charge in [-0.1, -0.05) is 30.3 Å². The van der Waals surface area contributed by atoms with Crippen LogP contribution in [-0.2, 0) is 4.79 Å². The molecule has 0 saturated heterocycles. The van der Waals surface area contributed by atoms with Crippen LogP contribution in [0.5, 0.6) is 0 Å². The summed E-state index contributed by atoms with van der Waals surface area (Å²) in [4.78, 5) is 31.4. The minimum atomic E-state index is -0.489. The first-order valence-corrected chi connectivity index (χ1v) is 7.00. The normalized spacial score (nSPS) is 9.24. The van der Waals surface area contributed by atoms with Gasteiger partial charge in [-0.25, -0.2) is 0 Å².